The van der Waals surface area contributed by atoms with Crippen LogP contribution in [-0.4, -0.2) is 47.4 Å². The number of amides is 1. The van der Waals surface area contributed by atoms with E-state index in [0.717, 1.165) is 51.4 Å². The molecule has 2 atom stereocenters. The normalized spacial score (nSPS) is 12.7. The van der Waals surface area contributed by atoms with E-state index >= 15 is 0 Å². The van der Waals surface area contributed by atoms with Gasteiger partial charge in [0.2, 0.25) is 5.91 Å². The van der Waals surface area contributed by atoms with Gasteiger partial charge in [-0.15, -0.1) is 0 Å². The first-order valence-corrected chi connectivity index (χ1v) is 38.7. The molecule has 502 valence electrons. The summed E-state index contributed by atoms with van der Waals surface area (Å²) in [6, 6.07) is -0.541. The SMILES string of the molecule is CCCCCCCC/C=C\CCCCCCCCCC(=O)OCCCCCCCCCCC/C=C\C/C=C\CCCCCCCCCCCCCCCCCCCC(=O)NC(CO)C(O)CCCCCCCCCCCCCCCCCCCC. The van der Waals surface area contributed by atoms with Crippen molar-refractivity contribution in [3.8, 4) is 0 Å². The van der Waals surface area contributed by atoms with Crippen molar-refractivity contribution in [2.75, 3.05) is 13.2 Å². The number of aliphatic hydroxyl groups excluding tert-OH is 2. The lowest BCUT2D eigenvalue weighted by molar-refractivity contribution is -0.143. The van der Waals surface area contributed by atoms with Gasteiger partial charge in [-0.05, 0) is 83.5 Å². The minimum Gasteiger partial charge on any atom is -0.466 e. The molecule has 0 spiro atoms. The lowest BCUT2D eigenvalue weighted by atomic mass is 10.0. The maximum atomic E-state index is 12.5. The summed E-state index contributed by atoms with van der Waals surface area (Å²) in [6.07, 6.45) is 96.5. The Morgan fingerprint density at radius 2 is 0.588 bits per heavy atom. The molecule has 2 unspecified atom stereocenters. The van der Waals surface area contributed by atoms with Crippen LogP contribution >= 0.6 is 0 Å². The largest absolute Gasteiger partial charge is 0.466 e. The number of rotatable bonds is 73. The van der Waals surface area contributed by atoms with Crippen molar-refractivity contribution >= 4 is 11.9 Å². The highest BCUT2D eigenvalue weighted by Crippen LogP contribution is 2.19. The second-order valence-electron chi connectivity index (χ2n) is 26.7. The van der Waals surface area contributed by atoms with E-state index in [4.69, 9.17) is 4.74 Å². The number of ether oxygens (including phenoxy) is 1. The molecule has 0 bridgehead atoms. The monoisotopic (exact) mass is 1190 g/mol. The molecule has 0 radical (unpaired) electrons. The summed E-state index contributed by atoms with van der Waals surface area (Å²) in [6.45, 7) is 4.99. The van der Waals surface area contributed by atoms with Gasteiger partial charge in [0, 0.05) is 12.8 Å². The summed E-state index contributed by atoms with van der Waals surface area (Å²) >= 11 is 0. The molecule has 6 nitrogen and oxygen atoms in total. The number of unbranched alkanes of at least 4 members (excludes halogenated alkanes) is 56. The van der Waals surface area contributed by atoms with Crippen molar-refractivity contribution in [2.45, 2.75) is 443 Å². The van der Waals surface area contributed by atoms with Crippen molar-refractivity contribution < 1.29 is 24.5 Å². The minimum absolute atomic E-state index is 0.0115. The number of carbonyl (C=O) groups excluding carboxylic acids is 2. The number of esters is 1. The van der Waals surface area contributed by atoms with Crippen LogP contribution in [0.25, 0.3) is 0 Å². The Kier molecular flexibility index (Phi) is 72.9. The van der Waals surface area contributed by atoms with Crippen molar-refractivity contribution in [3.05, 3.63) is 36.5 Å². The molecule has 0 saturated carbocycles. The number of allylic oxidation sites excluding steroid dienone is 6. The molecule has 0 rings (SSSR count). The molecule has 0 aliphatic rings. The Labute approximate surface area is 532 Å². The van der Waals surface area contributed by atoms with Crippen molar-refractivity contribution in [1.29, 1.82) is 0 Å². The van der Waals surface area contributed by atoms with Crippen molar-refractivity contribution in [3.63, 3.8) is 0 Å². The van der Waals surface area contributed by atoms with E-state index in [-0.39, 0.29) is 18.5 Å². The van der Waals surface area contributed by atoms with Crippen LogP contribution in [0.5, 0.6) is 0 Å². The fourth-order valence-corrected chi connectivity index (χ4v) is 12.3. The van der Waals surface area contributed by atoms with Crippen LogP contribution in [0, 0.1) is 0 Å². The van der Waals surface area contributed by atoms with Crippen LogP contribution in [0.3, 0.4) is 0 Å². The average Bonchev–Trinajstić information content (AvgIpc) is 3.51. The molecular formula is C79H151NO5. The number of nitrogens with one attached hydrogen (secondary N) is 1. The molecule has 0 aromatic heterocycles. The Balaban J connectivity index is 3.37. The van der Waals surface area contributed by atoms with Gasteiger partial charge in [-0.2, -0.15) is 0 Å². The molecule has 1 amide bonds. The van der Waals surface area contributed by atoms with Crippen molar-refractivity contribution in [1.82, 2.24) is 5.32 Å². The number of aliphatic hydroxyl groups is 2. The maximum absolute atomic E-state index is 12.5. The summed E-state index contributed by atoms with van der Waals surface area (Å²) in [5, 5.41) is 23.4. The molecular weight excluding hydrogens is 1040 g/mol. The van der Waals surface area contributed by atoms with Gasteiger partial charge in [-0.3, -0.25) is 9.59 Å². The fourth-order valence-electron chi connectivity index (χ4n) is 12.3. The third-order valence-corrected chi connectivity index (χ3v) is 18.2. The summed E-state index contributed by atoms with van der Waals surface area (Å²) in [5.74, 6) is -0.0175. The van der Waals surface area contributed by atoms with E-state index in [1.165, 1.54) is 347 Å². The Morgan fingerprint density at radius 3 is 0.906 bits per heavy atom. The number of carbonyl (C=O) groups is 2. The lowest BCUT2D eigenvalue weighted by Crippen LogP contribution is -2.45. The van der Waals surface area contributed by atoms with Crippen LogP contribution in [-0.2, 0) is 14.3 Å². The van der Waals surface area contributed by atoms with E-state index in [2.05, 4.69) is 55.6 Å². The van der Waals surface area contributed by atoms with E-state index in [1.807, 2.05) is 0 Å². The smallest absolute Gasteiger partial charge is 0.305 e. The van der Waals surface area contributed by atoms with E-state index in [9.17, 15) is 19.8 Å². The van der Waals surface area contributed by atoms with Gasteiger partial charge in [-0.1, -0.05) is 371 Å². The maximum Gasteiger partial charge on any atom is 0.305 e. The molecule has 0 saturated heterocycles. The van der Waals surface area contributed by atoms with E-state index in [1.54, 1.807) is 0 Å². The summed E-state index contributed by atoms with van der Waals surface area (Å²) in [4.78, 5) is 24.6. The Bertz CT molecular complexity index is 1380. The van der Waals surface area contributed by atoms with E-state index in [0.29, 0.717) is 25.9 Å². The number of hydrogen-bond acceptors (Lipinski definition) is 5. The zero-order valence-electron chi connectivity index (χ0n) is 57.6. The van der Waals surface area contributed by atoms with Gasteiger partial charge >= 0.3 is 5.97 Å². The summed E-state index contributed by atoms with van der Waals surface area (Å²) in [7, 11) is 0. The average molecular weight is 1200 g/mol. The Morgan fingerprint density at radius 1 is 0.329 bits per heavy atom. The predicted octanol–water partition coefficient (Wildman–Crippen LogP) is 25.4. The molecule has 0 aliphatic carbocycles. The molecule has 0 fully saturated rings. The molecule has 0 heterocycles. The minimum atomic E-state index is -0.664. The fraction of sp³-hybridized carbons (Fsp3) is 0.899. The second-order valence-corrected chi connectivity index (χ2v) is 26.7. The second kappa shape index (κ2) is 74.5. The van der Waals surface area contributed by atoms with Gasteiger partial charge in [-0.25, -0.2) is 0 Å². The summed E-state index contributed by atoms with van der Waals surface area (Å²) in [5.41, 5.74) is 0. The lowest BCUT2D eigenvalue weighted by Gasteiger charge is -2.22. The van der Waals surface area contributed by atoms with Gasteiger partial charge in [0.15, 0.2) is 0 Å². The van der Waals surface area contributed by atoms with Gasteiger partial charge in [0.05, 0.1) is 25.4 Å². The zero-order chi connectivity index (χ0) is 61.3. The first kappa shape index (κ1) is 83.1. The van der Waals surface area contributed by atoms with Crippen LogP contribution in [0.4, 0.5) is 0 Å². The molecule has 6 heteroatoms. The van der Waals surface area contributed by atoms with Crippen LogP contribution in [0.2, 0.25) is 0 Å². The molecule has 0 aliphatic heterocycles. The third-order valence-electron chi connectivity index (χ3n) is 18.2. The highest BCUT2D eigenvalue weighted by atomic mass is 16.5. The predicted molar refractivity (Wildman–Crippen MR) is 375 cm³/mol. The molecule has 0 aromatic carbocycles. The third kappa shape index (κ3) is 71.0. The van der Waals surface area contributed by atoms with Gasteiger partial charge < -0.3 is 20.3 Å². The van der Waals surface area contributed by atoms with Crippen LogP contribution in [0.1, 0.15) is 431 Å². The zero-order valence-corrected chi connectivity index (χ0v) is 57.6. The molecule has 0 aromatic rings. The number of hydrogen-bond donors (Lipinski definition) is 3. The van der Waals surface area contributed by atoms with Crippen molar-refractivity contribution in [2.24, 2.45) is 0 Å². The quantitative estimate of drug-likeness (QED) is 0.0320. The Hall–Kier alpha value is -1.92. The first-order chi connectivity index (χ1) is 42.0. The molecule has 85 heavy (non-hydrogen) atoms. The molecule has 3 N–H and O–H groups in total. The topological polar surface area (TPSA) is 95.9 Å². The van der Waals surface area contributed by atoms with Gasteiger partial charge in [0.25, 0.3) is 0 Å². The highest BCUT2D eigenvalue weighted by molar-refractivity contribution is 5.76. The van der Waals surface area contributed by atoms with Gasteiger partial charge in [0.1, 0.15) is 0 Å². The summed E-state index contributed by atoms with van der Waals surface area (Å²) < 4.78 is 5.50. The first-order valence-electron chi connectivity index (χ1n) is 38.7. The van der Waals surface area contributed by atoms with Crippen LogP contribution in [0.15, 0.2) is 36.5 Å². The standard InChI is InChI=1S/C79H151NO5/c1-3-5-7-9-11-13-15-17-19-21-40-43-47-51-55-59-63-67-71-77(82)76(75-81)80-78(83)72-68-64-60-56-52-48-44-41-37-35-33-31-29-27-25-23-22-24-26-28-30-32-34-36-38-42-46-50-54-58-62-66-70-74-85-79(84)73-69-65-61-57-53-49-45-39-20-18-16-14-12-10-8-6-4-2/h18,20,26,28,32,34,76-77,81-82H,3-17,19,21-25,27,29-31,33,35-75H2,1-2H3,(H,80,83)/b20-18-,28-26-,34-32-. The van der Waals surface area contributed by atoms with E-state index < -0.39 is 12.1 Å². The van der Waals surface area contributed by atoms with Crippen LogP contribution < -0.4 is 5.32 Å². The highest BCUT2D eigenvalue weighted by Gasteiger charge is 2.20.